The van der Waals surface area contributed by atoms with Crippen LogP contribution in [0.15, 0.2) is 12.1 Å². The van der Waals surface area contributed by atoms with Crippen molar-refractivity contribution in [1.29, 1.82) is 0 Å². The zero-order valence-corrected chi connectivity index (χ0v) is 15.0. The molecule has 0 aliphatic heterocycles. The van der Waals surface area contributed by atoms with Crippen molar-refractivity contribution < 1.29 is 9.59 Å². The van der Waals surface area contributed by atoms with E-state index in [-0.39, 0.29) is 11.9 Å². The number of carbonyl (C=O) groups excluding carboxylic acids is 2. The lowest BCUT2D eigenvalue weighted by Crippen LogP contribution is -2.41. The Kier molecular flexibility index (Phi) is 7.17. The van der Waals surface area contributed by atoms with E-state index >= 15 is 0 Å². The lowest BCUT2D eigenvalue weighted by Gasteiger charge is -2.20. The minimum Gasteiger partial charge on any atom is -0.353 e. The summed E-state index contributed by atoms with van der Waals surface area (Å²) in [7, 11) is 0. The molecule has 1 aromatic rings. The topological polar surface area (TPSA) is 61.4 Å². The fraction of sp³-hybridized carbons (Fsp3) is 0.625. The Balaban J connectivity index is 1.68. The van der Waals surface area contributed by atoms with E-state index in [0.717, 1.165) is 22.1 Å². The molecule has 0 bridgehead atoms. The Hall–Kier alpha value is -1.27. The summed E-state index contributed by atoms with van der Waals surface area (Å²) in [6.07, 6.45) is 4.86. The van der Waals surface area contributed by atoms with E-state index < -0.39 is 0 Å². The second-order valence-electron chi connectivity index (χ2n) is 5.75. The van der Waals surface area contributed by atoms with E-state index in [1.807, 2.05) is 19.1 Å². The molecular weight excluding hydrogens is 334 g/mol. The van der Waals surface area contributed by atoms with Crippen LogP contribution in [-0.4, -0.2) is 36.0 Å². The quantitative estimate of drug-likeness (QED) is 0.785. The monoisotopic (exact) mass is 357 g/mol. The smallest absolute Gasteiger partial charge is 0.317 e. The fourth-order valence-electron chi connectivity index (χ4n) is 2.72. The first-order valence-electron chi connectivity index (χ1n) is 8.15. The number of amides is 3. The van der Waals surface area contributed by atoms with Gasteiger partial charge in [-0.3, -0.25) is 4.79 Å². The van der Waals surface area contributed by atoms with Crippen molar-refractivity contribution in [2.75, 3.05) is 13.1 Å². The van der Waals surface area contributed by atoms with Crippen molar-refractivity contribution in [3.05, 3.63) is 21.3 Å². The lowest BCUT2D eigenvalue weighted by molar-refractivity contribution is -0.121. The molecule has 1 aliphatic carbocycles. The fourth-order valence-corrected chi connectivity index (χ4v) is 3.82. The Bertz CT molecular complexity index is 529. The second-order valence-corrected chi connectivity index (χ2v) is 7.55. The molecule has 23 heavy (non-hydrogen) atoms. The van der Waals surface area contributed by atoms with Gasteiger partial charge in [-0.2, -0.15) is 0 Å². The number of thiophene rings is 1. The van der Waals surface area contributed by atoms with Crippen molar-refractivity contribution in [2.45, 2.75) is 51.6 Å². The van der Waals surface area contributed by atoms with Gasteiger partial charge >= 0.3 is 6.03 Å². The van der Waals surface area contributed by atoms with Gasteiger partial charge < -0.3 is 15.5 Å². The summed E-state index contributed by atoms with van der Waals surface area (Å²) in [5.74, 6) is 0.0188. The summed E-state index contributed by atoms with van der Waals surface area (Å²) >= 11 is 7.38. The standard InChI is InChI=1S/C16H24ClN3O2S/c1-2-20(11-13-7-8-14(17)23-13)16(22)18-10-9-15(21)19-12-5-3-4-6-12/h7-8,12H,2-6,9-11H2,1H3,(H,18,22)(H,19,21). The van der Waals surface area contributed by atoms with E-state index in [1.54, 1.807) is 4.90 Å². The number of nitrogens with zero attached hydrogens (tertiary/aromatic N) is 1. The third-order valence-electron chi connectivity index (χ3n) is 3.99. The van der Waals surface area contributed by atoms with Crippen LogP contribution in [0.5, 0.6) is 0 Å². The van der Waals surface area contributed by atoms with Crippen LogP contribution >= 0.6 is 22.9 Å². The Morgan fingerprint density at radius 2 is 2.09 bits per heavy atom. The van der Waals surface area contributed by atoms with Gasteiger partial charge in [-0.05, 0) is 31.9 Å². The predicted molar refractivity (Wildman–Crippen MR) is 93.8 cm³/mol. The molecule has 1 fully saturated rings. The van der Waals surface area contributed by atoms with Crippen LogP contribution < -0.4 is 10.6 Å². The van der Waals surface area contributed by atoms with Gasteiger partial charge in [0.05, 0.1) is 10.9 Å². The molecule has 128 valence electrons. The third kappa shape index (κ3) is 6.03. The molecule has 0 radical (unpaired) electrons. The number of hydrogen-bond donors (Lipinski definition) is 2. The first-order chi connectivity index (χ1) is 11.1. The molecule has 5 nitrogen and oxygen atoms in total. The summed E-state index contributed by atoms with van der Waals surface area (Å²) in [6, 6.07) is 3.94. The highest BCUT2D eigenvalue weighted by atomic mass is 35.5. The molecule has 1 saturated carbocycles. The van der Waals surface area contributed by atoms with E-state index in [2.05, 4.69) is 10.6 Å². The van der Waals surface area contributed by atoms with Crippen LogP contribution in [0, 0.1) is 0 Å². The number of nitrogens with one attached hydrogen (secondary N) is 2. The molecule has 0 unspecified atom stereocenters. The number of hydrogen-bond acceptors (Lipinski definition) is 3. The molecule has 1 heterocycles. The van der Waals surface area contributed by atoms with Gasteiger partial charge in [-0.1, -0.05) is 24.4 Å². The van der Waals surface area contributed by atoms with Gasteiger partial charge in [-0.25, -0.2) is 4.79 Å². The minimum absolute atomic E-state index is 0.0188. The summed E-state index contributed by atoms with van der Waals surface area (Å²) in [5.41, 5.74) is 0. The SMILES string of the molecule is CCN(Cc1ccc(Cl)s1)C(=O)NCCC(=O)NC1CCCC1. The number of carbonyl (C=O) groups is 2. The highest BCUT2D eigenvalue weighted by Gasteiger charge is 2.17. The first kappa shape index (κ1) is 18.1. The molecule has 0 saturated heterocycles. The average Bonchev–Trinajstić information content (AvgIpc) is 3.16. The third-order valence-corrected chi connectivity index (χ3v) is 5.21. The molecule has 0 aromatic carbocycles. The van der Waals surface area contributed by atoms with Crippen molar-refractivity contribution in [2.24, 2.45) is 0 Å². The minimum atomic E-state index is -0.148. The molecule has 2 N–H and O–H groups in total. The molecule has 2 rings (SSSR count). The van der Waals surface area contributed by atoms with Crippen molar-refractivity contribution in [3.8, 4) is 0 Å². The van der Waals surface area contributed by atoms with Crippen LogP contribution in [0.2, 0.25) is 4.34 Å². The van der Waals surface area contributed by atoms with Crippen molar-refractivity contribution in [3.63, 3.8) is 0 Å². The summed E-state index contributed by atoms with van der Waals surface area (Å²) in [6.45, 7) is 3.43. The maximum atomic E-state index is 12.2. The zero-order valence-electron chi connectivity index (χ0n) is 13.4. The van der Waals surface area contributed by atoms with Crippen LogP contribution in [0.1, 0.15) is 43.9 Å². The Morgan fingerprint density at radius 3 is 2.70 bits per heavy atom. The molecule has 0 atom stereocenters. The normalized spacial score (nSPS) is 14.7. The average molecular weight is 358 g/mol. The number of rotatable bonds is 7. The van der Waals surface area contributed by atoms with Crippen LogP contribution in [0.3, 0.4) is 0 Å². The van der Waals surface area contributed by atoms with Crippen LogP contribution in [0.4, 0.5) is 4.79 Å². The van der Waals surface area contributed by atoms with E-state index in [9.17, 15) is 9.59 Å². The highest BCUT2D eigenvalue weighted by molar-refractivity contribution is 7.16. The summed E-state index contributed by atoms with van der Waals surface area (Å²) < 4.78 is 0.722. The largest absolute Gasteiger partial charge is 0.353 e. The van der Waals surface area contributed by atoms with Crippen LogP contribution in [-0.2, 0) is 11.3 Å². The Labute approximate surface area is 146 Å². The van der Waals surface area contributed by atoms with Crippen molar-refractivity contribution >= 4 is 34.9 Å². The van der Waals surface area contributed by atoms with Gasteiger partial charge in [0.15, 0.2) is 0 Å². The molecular formula is C16H24ClN3O2S. The lowest BCUT2D eigenvalue weighted by atomic mass is 10.2. The van der Waals surface area contributed by atoms with Gasteiger partial charge in [0.2, 0.25) is 5.91 Å². The van der Waals surface area contributed by atoms with Gasteiger partial charge in [0, 0.05) is 30.4 Å². The maximum Gasteiger partial charge on any atom is 0.317 e. The van der Waals surface area contributed by atoms with E-state index in [1.165, 1.54) is 24.2 Å². The highest BCUT2D eigenvalue weighted by Crippen LogP contribution is 2.22. The summed E-state index contributed by atoms with van der Waals surface area (Å²) in [4.78, 5) is 26.7. The second kappa shape index (κ2) is 9.13. The van der Waals surface area contributed by atoms with Crippen molar-refractivity contribution in [1.82, 2.24) is 15.5 Å². The van der Waals surface area contributed by atoms with E-state index in [0.29, 0.717) is 32.1 Å². The predicted octanol–water partition coefficient (Wildman–Crippen LogP) is 3.38. The zero-order chi connectivity index (χ0) is 16.7. The maximum absolute atomic E-state index is 12.2. The Morgan fingerprint density at radius 1 is 1.35 bits per heavy atom. The molecule has 0 spiro atoms. The van der Waals surface area contributed by atoms with Gasteiger partial charge in [0.25, 0.3) is 0 Å². The van der Waals surface area contributed by atoms with E-state index in [4.69, 9.17) is 11.6 Å². The van der Waals surface area contributed by atoms with Gasteiger partial charge in [-0.15, -0.1) is 11.3 Å². The van der Waals surface area contributed by atoms with Gasteiger partial charge in [0.1, 0.15) is 0 Å². The number of urea groups is 1. The molecule has 1 aromatic heterocycles. The molecule has 3 amide bonds. The van der Waals surface area contributed by atoms with Crippen LogP contribution in [0.25, 0.3) is 0 Å². The molecule has 7 heteroatoms. The summed E-state index contributed by atoms with van der Waals surface area (Å²) in [5, 5.41) is 5.84. The first-order valence-corrected chi connectivity index (χ1v) is 9.34. The molecule has 1 aliphatic rings. The number of halogens is 1.